The first-order valence-electron chi connectivity index (χ1n) is 7.91. The molecule has 0 radical (unpaired) electrons. The number of hydrogen-bond donors (Lipinski definition) is 2. The van der Waals surface area contributed by atoms with Crippen LogP contribution in [-0.4, -0.2) is 31.2 Å². The summed E-state index contributed by atoms with van der Waals surface area (Å²) in [7, 11) is 1.60. The molecular formula is C19H19FN2O3. The maximum Gasteiger partial charge on any atom is 0.268 e. The van der Waals surface area contributed by atoms with Crippen LogP contribution in [0.25, 0.3) is 10.9 Å². The minimum atomic E-state index is -0.325. The minimum absolute atomic E-state index is 0.243. The number of nitrogens with one attached hydrogen (secondary N) is 2. The summed E-state index contributed by atoms with van der Waals surface area (Å²) in [5.41, 5.74) is 1.90. The molecule has 0 unspecified atom stereocenters. The summed E-state index contributed by atoms with van der Waals surface area (Å²) >= 11 is 0. The van der Waals surface area contributed by atoms with E-state index >= 15 is 0 Å². The van der Waals surface area contributed by atoms with E-state index in [9.17, 15) is 9.18 Å². The number of rotatable bonds is 6. The number of aryl methyl sites for hydroxylation is 1. The molecule has 0 spiro atoms. The Hall–Kier alpha value is -3.02. The number of hydrogen-bond acceptors (Lipinski definition) is 3. The Balaban J connectivity index is 1.56. The third-order valence-corrected chi connectivity index (χ3v) is 3.96. The fourth-order valence-corrected chi connectivity index (χ4v) is 2.62. The van der Waals surface area contributed by atoms with Crippen molar-refractivity contribution in [3.8, 4) is 11.5 Å². The Labute approximate surface area is 144 Å². The highest BCUT2D eigenvalue weighted by atomic mass is 19.1. The third kappa shape index (κ3) is 3.74. The lowest BCUT2D eigenvalue weighted by molar-refractivity contribution is 0.0942. The number of aromatic amines is 1. The molecule has 1 aromatic heterocycles. The Morgan fingerprint density at radius 3 is 2.60 bits per heavy atom. The lowest BCUT2D eigenvalue weighted by Gasteiger charge is -2.08. The number of methoxy groups -OCH3 is 1. The van der Waals surface area contributed by atoms with Crippen molar-refractivity contribution in [2.75, 3.05) is 20.3 Å². The number of aromatic nitrogens is 1. The van der Waals surface area contributed by atoms with Crippen LogP contribution in [0.3, 0.4) is 0 Å². The molecule has 3 aromatic rings. The lowest BCUT2D eigenvalue weighted by atomic mass is 10.1. The molecular weight excluding hydrogens is 323 g/mol. The van der Waals surface area contributed by atoms with E-state index < -0.39 is 0 Å². The zero-order valence-corrected chi connectivity index (χ0v) is 14.1. The molecule has 0 aliphatic heterocycles. The Morgan fingerprint density at radius 2 is 1.88 bits per heavy atom. The van der Waals surface area contributed by atoms with Crippen LogP contribution in [0.4, 0.5) is 4.39 Å². The van der Waals surface area contributed by atoms with Gasteiger partial charge in [0.05, 0.1) is 13.7 Å². The highest BCUT2D eigenvalue weighted by molar-refractivity contribution is 6.00. The van der Waals surface area contributed by atoms with Gasteiger partial charge in [-0.05, 0) is 55.0 Å². The second kappa shape index (κ2) is 7.25. The number of carbonyl (C=O) groups is 1. The molecule has 0 atom stereocenters. The van der Waals surface area contributed by atoms with Gasteiger partial charge in [0.25, 0.3) is 5.91 Å². The van der Waals surface area contributed by atoms with Crippen LogP contribution in [0.1, 0.15) is 16.1 Å². The number of fused-ring (bicyclic) bond motifs is 1. The van der Waals surface area contributed by atoms with E-state index in [2.05, 4.69) is 10.3 Å². The maximum absolute atomic E-state index is 13.3. The van der Waals surface area contributed by atoms with Crippen LogP contribution < -0.4 is 14.8 Å². The van der Waals surface area contributed by atoms with Gasteiger partial charge in [0.1, 0.15) is 29.6 Å². The summed E-state index contributed by atoms with van der Waals surface area (Å²) in [6.45, 7) is 2.49. The molecule has 0 saturated heterocycles. The number of H-pyrrole nitrogens is 1. The van der Waals surface area contributed by atoms with Crippen molar-refractivity contribution >= 4 is 16.8 Å². The molecule has 0 fully saturated rings. The van der Waals surface area contributed by atoms with Crippen molar-refractivity contribution in [3.05, 3.63) is 59.5 Å². The van der Waals surface area contributed by atoms with E-state index in [0.717, 1.165) is 16.8 Å². The first kappa shape index (κ1) is 16.8. The first-order valence-corrected chi connectivity index (χ1v) is 7.91. The summed E-state index contributed by atoms with van der Waals surface area (Å²) in [4.78, 5) is 15.3. The molecule has 25 heavy (non-hydrogen) atoms. The van der Waals surface area contributed by atoms with E-state index in [1.807, 2.05) is 0 Å². The number of benzene rings is 2. The van der Waals surface area contributed by atoms with Crippen molar-refractivity contribution in [2.24, 2.45) is 0 Å². The molecule has 0 aliphatic rings. The molecule has 2 N–H and O–H groups in total. The molecule has 5 nitrogen and oxygen atoms in total. The molecule has 1 amide bonds. The highest BCUT2D eigenvalue weighted by Gasteiger charge is 2.14. The maximum atomic E-state index is 13.3. The quantitative estimate of drug-likeness (QED) is 0.675. The number of carbonyl (C=O) groups excluding carboxylic acids is 1. The van der Waals surface area contributed by atoms with Gasteiger partial charge in [-0.2, -0.15) is 0 Å². The first-order chi connectivity index (χ1) is 12.1. The fraction of sp³-hybridized carbons (Fsp3) is 0.211. The van der Waals surface area contributed by atoms with E-state index in [4.69, 9.17) is 9.47 Å². The molecule has 2 aromatic carbocycles. The van der Waals surface area contributed by atoms with Gasteiger partial charge < -0.3 is 19.8 Å². The standard InChI is InChI=1S/C19H19FN2O3/c1-12-16-11-13(20)3-8-17(16)22-18(12)19(23)21-9-10-25-15-6-4-14(24-2)5-7-15/h3-8,11,22H,9-10H2,1-2H3,(H,21,23). The Morgan fingerprint density at radius 1 is 1.16 bits per heavy atom. The zero-order chi connectivity index (χ0) is 17.8. The van der Waals surface area contributed by atoms with E-state index in [0.29, 0.717) is 30.0 Å². The van der Waals surface area contributed by atoms with Gasteiger partial charge in [-0.15, -0.1) is 0 Å². The van der Waals surface area contributed by atoms with Crippen LogP contribution in [0.2, 0.25) is 0 Å². The molecule has 0 aliphatic carbocycles. The summed E-state index contributed by atoms with van der Waals surface area (Å²) in [6.07, 6.45) is 0. The van der Waals surface area contributed by atoms with Crippen molar-refractivity contribution in [1.82, 2.24) is 10.3 Å². The molecule has 6 heteroatoms. The Kier molecular flexibility index (Phi) is 4.88. The van der Waals surface area contributed by atoms with E-state index in [1.165, 1.54) is 12.1 Å². The summed E-state index contributed by atoms with van der Waals surface area (Å²) in [5.74, 6) is 0.889. The largest absolute Gasteiger partial charge is 0.497 e. The predicted octanol–water partition coefficient (Wildman–Crippen LogP) is 3.43. The van der Waals surface area contributed by atoms with Crippen molar-refractivity contribution in [3.63, 3.8) is 0 Å². The van der Waals surface area contributed by atoms with E-state index in [-0.39, 0.29) is 11.7 Å². The normalized spacial score (nSPS) is 10.7. The summed E-state index contributed by atoms with van der Waals surface area (Å²) < 4.78 is 24.0. The molecule has 0 bridgehead atoms. The van der Waals surface area contributed by atoms with E-state index in [1.54, 1.807) is 44.4 Å². The third-order valence-electron chi connectivity index (χ3n) is 3.96. The fourth-order valence-electron chi connectivity index (χ4n) is 2.62. The average Bonchev–Trinajstić information content (AvgIpc) is 2.95. The topological polar surface area (TPSA) is 63.4 Å². The smallest absolute Gasteiger partial charge is 0.268 e. The number of amides is 1. The van der Waals surface area contributed by atoms with Gasteiger partial charge in [-0.1, -0.05) is 0 Å². The molecule has 1 heterocycles. The van der Waals surface area contributed by atoms with Crippen LogP contribution in [0.15, 0.2) is 42.5 Å². The molecule has 3 rings (SSSR count). The lowest BCUT2D eigenvalue weighted by Crippen LogP contribution is -2.28. The second-order valence-electron chi connectivity index (χ2n) is 5.59. The van der Waals surface area contributed by atoms with Crippen LogP contribution in [0.5, 0.6) is 11.5 Å². The average molecular weight is 342 g/mol. The van der Waals surface area contributed by atoms with Crippen molar-refractivity contribution in [2.45, 2.75) is 6.92 Å². The molecule has 130 valence electrons. The van der Waals surface area contributed by atoms with Gasteiger partial charge >= 0.3 is 0 Å². The molecule has 0 saturated carbocycles. The summed E-state index contributed by atoms with van der Waals surface area (Å²) in [6, 6.07) is 11.6. The number of halogens is 1. The predicted molar refractivity (Wildman–Crippen MR) is 93.8 cm³/mol. The van der Waals surface area contributed by atoms with Gasteiger partial charge in [0.2, 0.25) is 0 Å². The van der Waals surface area contributed by atoms with Crippen molar-refractivity contribution < 1.29 is 18.7 Å². The minimum Gasteiger partial charge on any atom is -0.497 e. The van der Waals surface area contributed by atoms with Gasteiger partial charge in [0, 0.05) is 10.9 Å². The van der Waals surface area contributed by atoms with Gasteiger partial charge in [0.15, 0.2) is 0 Å². The van der Waals surface area contributed by atoms with Crippen LogP contribution in [0, 0.1) is 12.7 Å². The second-order valence-corrected chi connectivity index (χ2v) is 5.59. The SMILES string of the molecule is COc1ccc(OCCNC(=O)c2[nH]c3ccc(F)cc3c2C)cc1. The van der Waals surface area contributed by atoms with Gasteiger partial charge in [-0.25, -0.2) is 4.39 Å². The summed E-state index contributed by atoms with van der Waals surface area (Å²) in [5, 5.41) is 3.50. The van der Waals surface area contributed by atoms with Crippen molar-refractivity contribution in [1.29, 1.82) is 0 Å². The number of ether oxygens (including phenoxy) is 2. The zero-order valence-electron chi connectivity index (χ0n) is 14.1. The Bertz CT molecular complexity index is 888. The van der Waals surface area contributed by atoms with Crippen LogP contribution >= 0.6 is 0 Å². The van der Waals surface area contributed by atoms with Crippen LogP contribution in [-0.2, 0) is 0 Å². The van der Waals surface area contributed by atoms with Gasteiger partial charge in [-0.3, -0.25) is 4.79 Å². The monoisotopic (exact) mass is 342 g/mol. The highest BCUT2D eigenvalue weighted by Crippen LogP contribution is 2.22.